The van der Waals surface area contributed by atoms with Crippen LogP contribution in [0.4, 0.5) is 5.69 Å². The summed E-state index contributed by atoms with van der Waals surface area (Å²) in [7, 11) is 0. The monoisotopic (exact) mass is 352 g/mol. The average Bonchev–Trinajstić information content (AvgIpc) is 3.14. The lowest BCUT2D eigenvalue weighted by Crippen LogP contribution is -2.50. The van der Waals surface area contributed by atoms with Gasteiger partial charge in [-0.25, -0.2) is 0 Å². The van der Waals surface area contributed by atoms with Gasteiger partial charge < -0.3 is 14.4 Å². The number of likely N-dealkylation sites (tertiary alicyclic amines) is 1. The van der Waals surface area contributed by atoms with Crippen LogP contribution in [0.25, 0.3) is 0 Å². The molecule has 1 aromatic carbocycles. The van der Waals surface area contributed by atoms with Crippen molar-refractivity contribution < 1.29 is 19.2 Å². The van der Waals surface area contributed by atoms with Gasteiger partial charge in [-0.05, 0) is 31.4 Å². The number of non-ortho nitro benzene ring substituents is 1. The SMILES string of the molecule is O=C(CSc1ccc([N+](=O)[O-])cc1)N1CCCCC1C1OCCO1. The Labute approximate surface area is 144 Å². The molecule has 0 bridgehead atoms. The van der Waals surface area contributed by atoms with Crippen LogP contribution in [-0.4, -0.2) is 53.6 Å². The van der Waals surface area contributed by atoms with Crippen molar-refractivity contribution in [2.45, 2.75) is 36.5 Å². The third-order valence-corrected chi connectivity index (χ3v) is 5.24. The second-order valence-corrected chi connectivity index (χ2v) is 6.85. The molecule has 1 aromatic rings. The number of carbonyl (C=O) groups excluding carboxylic acids is 1. The van der Waals surface area contributed by atoms with E-state index in [1.807, 2.05) is 4.90 Å². The van der Waals surface area contributed by atoms with Crippen molar-refractivity contribution in [3.05, 3.63) is 34.4 Å². The fourth-order valence-corrected chi connectivity index (χ4v) is 3.83. The molecule has 1 unspecified atom stereocenters. The second kappa shape index (κ2) is 7.96. The number of hydrogen-bond acceptors (Lipinski definition) is 6. The average molecular weight is 352 g/mol. The standard InChI is InChI=1S/C16H20N2O5S/c19-15(11-24-13-6-4-12(5-7-13)18(20)21)17-8-2-1-3-14(17)16-22-9-10-23-16/h4-7,14,16H,1-3,8-11H2. The van der Waals surface area contributed by atoms with E-state index in [0.717, 1.165) is 30.7 Å². The summed E-state index contributed by atoms with van der Waals surface area (Å²) in [5, 5.41) is 10.7. The summed E-state index contributed by atoms with van der Waals surface area (Å²) >= 11 is 1.39. The molecule has 2 fully saturated rings. The van der Waals surface area contributed by atoms with E-state index in [1.165, 1.54) is 23.9 Å². The lowest BCUT2D eigenvalue weighted by molar-refractivity contribution is -0.384. The first-order chi connectivity index (χ1) is 11.6. The van der Waals surface area contributed by atoms with E-state index in [2.05, 4.69) is 0 Å². The van der Waals surface area contributed by atoms with Gasteiger partial charge in [-0.15, -0.1) is 11.8 Å². The first-order valence-electron chi connectivity index (χ1n) is 8.05. The van der Waals surface area contributed by atoms with Crippen molar-refractivity contribution in [1.29, 1.82) is 0 Å². The summed E-state index contributed by atoms with van der Waals surface area (Å²) < 4.78 is 11.2. The molecule has 2 saturated heterocycles. The Morgan fingerprint density at radius 2 is 1.96 bits per heavy atom. The molecule has 0 saturated carbocycles. The third-order valence-electron chi connectivity index (χ3n) is 4.24. The first kappa shape index (κ1) is 17.2. The van der Waals surface area contributed by atoms with Crippen LogP contribution in [0.15, 0.2) is 29.2 Å². The molecular formula is C16H20N2O5S. The van der Waals surface area contributed by atoms with E-state index in [9.17, 15) is 14.9 Å². The van der Waals surface area contributed by atoms with E-state index < -0.39 is 4.92 Å². The van der Waals surface area contributed by atoms with E-state index >= 15 is 0 Å². The molecule has 1 amide bonds. The number of rotatable bonds is 5. The molecule has 0 radical (unpaired) electrons. The molecule has 0 spiro atoms. The highest BCUT2D eigenvalue weighted by Crippen LogP contribution is 2.27. The van der Waals surface area contributed by atoms with Crippen molar-refractivity contribution in [1.82, 2.24) is 4.90 Å². The van der Waals surface area contributed by atoms with Gasteiger partial charge in [0.2, 0.25) is 5.91 Å². The Hall–Kier alpha value is -1.64. The number of ether oxygens (including phenoxy) is 2. The van der Waals surface area contributed by atoms with Crippen LogP contribution in [0.5, 0.6) is 0 Å². The minimum atomic E-state index is -0.431. The van der Waals surface area contributed by atoms with Crippen molar-refractivity contribution >= 4 is 23.4 Å². The molecule has 0 aromatic heterocycles. The Morgan fingerprint density at radius 1 is 1.25 bits per heavy atom. The number of piperidine rings is 1. The van der Waals surface area contributed by atoms with E-state index in [1.54, 1.807) is 12.1 Å². The predicted octanol–water partition coefficient (Wildman–Crippen LogP) is 2.44. The maximum atomic E-state index is 12.6. The number of hydrogen-bond donors (Lipinski definition) is 0. The maximum absolute atomic E-state index is 12.6. The Bertz CT molecular complexity index is 589. The summed E-state index contributed by atoms with van der Waals surface area (Å²) in [5.74, 6) is 0.364. The predicted molar refractivity (Wildman–Crippen MR) is 88.9 cm³/mol. The maximum Gasteiger partial charge on any atom is 0.269 e. The van der Waals surface area contributed by atoms with Crippen LogP contribution < -0.4 is 0 Å². The van der Waals surface area contributed by atoms with Crippen molar-refractivity contribution in [3.63, 3.8) is 0 Å². The number of nitro groups is 1. The molecule has 130 valence electrons. The number of benzene rings is 1. The van der Waals surface area contributed by atoms with Gasteiger partial charge in [0.15, 0.2) is 6.29 Å². The van der Waals surface area contributed by atoms with E-state index in [4.69, 9.17) is 9.47 Å². The Morgan fingerprint density at radius 3 is 2.62 bits per heavy atom. The highest BCUT2D eigenvalue weighted by Gasteiger charge is 2.35. The minimum absolute atomic E-state index is 0.00814. The first-order valence-corrected chi connectivity index (χ1v) is 9.03. The molecule has 0 N–H and O–H groups in total. The quantitative estimate of drug-likeness (QED) is 0.460. The van der Waals surface area contributed by atoms with Crippen molar-refractivity contribution in [2.24, 2.45) is 0 Å². The zero-order valence-corrected chi connectivity index (χ0v) is 14.1. The van der Waals surface area contributed by atoms with E-state index in [0.29, 0.717) is 19.0 Å². The van der Waals surface area contributed by atoms with Crippen LogP contribution >= 0.6 is 11.8 Å². The number of amides is 1. The van der Waals surface area contributed by atoms with Gasteiger partial charge in [-0.3, -0.25) is 14.9 Å². The van der Waals surface area contributed by atoms with Crippen molar-refractivity contribution in [3.8, 4) is 0 Å². The van der Waals surface area contributed by atoms with Crippen LogP contribution in [0, 0.1) is 10.1 Å². The lowest BCUT2D eigenvalue weighted by Gasteiger charge is -2.38. The summed E-state index contributed by atoms with van der Waals surface area (Å²) in [5.41, 5.74) is 0.0531. The summed E-state index contributed by atoms with van der Waals surface area (Å²) in [6, 6.07) is 6.25. The van der Waals surface area contributed by atoms with Gasteiger partial charge in [-0.1, -0.05) is 0 Å². The number of nitrogens with zero attached hydrogens (tertiary/aromatic N) is 2. The zero-order valence-electron chi connectivity index (χ0n) is 13.3. The highest BCUT2D eigenvalue weighted by molar-refractivity contribution is 8.00. The molecule has 8 heteroatoms. The normalized spacial score (nSPS) is 21.8. The molecule has 2 aliphatic rings. The summed E-state index contributed by atoms with van der Waals surface area (Å²) in [6.07, 6.45) is 2.67. The number of carbonyl (C=O) groups is 1. The smallest absolute Gasteiger partial charge is 0.269 e. The fraction of sp³-hybridized carbons (Fsp3) is 0.562. The molecule has 0 aliphatic carbocycles. The van der Waals surface area contributed by atoms with Crippen LogP contribution in [-0.2, 0) is 14.3 Å². The van der Waals surface area contributed by atoms with Gasteiger partial charge in [0.25, 0.3) is 5.69 Å². The second-order valence-electron chi connectivity index (χ2n) is 5.80. The number of nitro benzene ring substituents is 1. The molecule has 3 rings (SSSR count). The van der Waals surface area contributed by atoms with Gasteiger partial charge >= 0.3 is 0 Å². The fourth-order valence-electron chi connectivity index (χ4n) is 3.04. The van der Waals surface area contributed by atoms with Crippen LogP contribution in [0.3, 0.4) is 0 Å². The van der Waals surface area contributed by atoms with E-state index in [-0.39, 0.29) is 23.9 Å². The van der Waals surface area contributed by atoms with Crippen LogP contribution in [0.2, 0.25) is 0 Å². The third kappa shape index (κ3) is 4.06. The summed E-state index contributed by atoms with van der Waals surface area (Å²) in [4.78, 5) is 25.5. The minimum Gasteiger partial charge on any atom is -0.348 e. The lowest BCUT2D eigenvalue weighted by atomic mass is 10.0. The van der Waals surface area contributed by atoms with Crippen molar-refractivity contribution in [2.75, 3.05) is 25.5 Å². The Balaban J connectivity index is 1.57. The van der Waals surface area contributed by atoms with Gasteiger partial charge in [-0.2, -0.15) is 0 Å². The number of thioether (sulfide) groups is 1. The Kier molecular flexibility index (Phi) is 5.70. The van der Waals surface area contributed by atoms with Gasteiger partial charge in [0, 0.05) is 23.6 Å². The highest BCUT2D eigenvalue weighted by atomic mass is 32.2. The topological polar surface area (TPSA) is 81.9 Å². The molecule has 7 nitrogen and oxygen atoms in total. The van der Waals surface area contributed by atoms with Crippen LogP contribution in [0.1, 0.15) is 19.3 Å². The molecular weight excluding hydrogens is 332 g/mol. The van der Waals surface area contributed by atoms with Gasteiger partial charge in [0.05, 0.1) is 29.9 Å². The molecule has 24 heavy (non-hydrogen) atoms. The molecule has 1 atom stereocenters. The summed E-state index contributed by atoms with van der Waals surface area (Å²) in [6.45, 7) is 1.90. The molecule has 2 aliphatic heterocycles. The largest absolute Gasteiger partial charge is 0.348 e. The molecule has 2 heterocycles. The zero-order chi connectivity index (χ0) is 16.9. The van der Waals surface area contributed by atoms with Gasteiger partial charge in [0.1, 0.15) is 0 Å².